The van der Waals surface area contributed by atoms with Crippen LogP contribution in [0, 0.1) is 6.92 Å². The van der Waals surface area contributed by atoms with E-state index in [1.54, 1.807) is 0 Å². The van der Waals surface area contributed by atoms with E-state index in [1.807, 2.05) is 13.1 Å². The predicted octanol–water partition coefficient (Wildman–Crippen LogP) is 3.22. The number of alkyl halides is 1. The zero-order valence-corrected chi connectivity index (χ0v) is 11.7. The van der Waals surface area contributed by atoms with Crippen molar-refractivity contribution in [3.63, 3.8) is 0 Å². The molecular weight excluding hydrogens is 231 g/mol. The molecule has 100 valence electrons. The number of anilines is 1. The Labute approximate surface area is 108 Å². The molecule has 0 saturated heterocycles. The molecule has 0 saturated carbocycles. The van der Waals surface area contributed by atoms with Crippen molar-refractivity contribution in [3.8, 4) is 5.88 Å². The molecule has 3 nitrogen and oxygen atoms in total. The molecule has 1 unspecified atom stereocenters. The molecule has 1 aliphatic heterocycles. The van der Waals surface area contributed by atoms with Gasteiger partial charge >= 0.3 is 0 Å². The molecule has 0 amide bonds. The van der Waals surface area contributed by atoms with E-state index in [0.717, 1.165) is 16.8 Å². The summed E-state index contributed by atoms with van der Waals surface area (Å²) in [5, 5.41) is 3.13. The third kappa shape index (κ3) is 2.42. The fourth-order valence-corrected chi connectivity index (χ4v) is 2.20. The molecule has 1 aromatic heterocycles. The lowest BCUT2D eigenvalue weighted by molar-refractivity contribution is 0.117. The molecule has 1 aliphatic rings. The maximum Gasteiger partial charge on any atom is 0.237 e. The number of fused-ring (bicyclic) bond motifs is 1. The standard InChI is InChI=1S/C14H21FN2O/c1-9-10(13(2,3)4)6-16-12-11(9)17-7-14(5,15)8-18-12/h6,17H,7-8H2,1-5H3. The molecule has 0 bridgehead atoms. The number of hydrogen-bond acceptors (Lipinski definition) is 3. The monoisotopic (exact) mass is 252 g/mol. The third-order valence-electron chi connectivity index (χ3n) is 3.26. The second kappa shape index (κ2) is 4.11. The van der Waals surface area contributed by atoms with Crippen LogP contribution in [-0.2, 0) is 5.41 Å². The summed E-state index contributed by atoms with van der Waals surface area (Å²) in [4.78, 5) is 4.32. The SMILES string of the molecule is Cc1c(C(C)(C)C)cnc2c1NCC(C)(F)CO2. The zero-order chi connectivity index (χ0) is 13.6. The van der Waals surface area contributed by atoms with Crippen LogP contribution in [0.25, 0.3) is 0 Å². The Hall–Kier alpha value is -1.32. The molecule has 1 N–H and O–H groups in total. The Morgan fingerprint density at radius 1 is 1.44 bits per heavy atom. The molecule has 2 rings (SSSR count). The Kier molecular flexibility index (Phi) is 2.99. The van der Waals surface area contributed by atoms with Crippen molar-refractivity contribution >= 4 is 5.69 Å². The van der Waals surface area contributed by atoms with Gasteiger partial charge in [0.25, 0.3) is 0 Å². The highest BCUT2D eigenvalue weighted by molar-refractivity contribution is 5.62. The number of aromatic nitrogens is 1. The molecule has 0 spiro atoms. The van der Waals surface area contributed by atoms with Gasteiger partial charge < -0.3 is 10.1 Å². The number of nitrogens with one attached hydrogen (secondary N) is 1. The lowest BCUT2D eigenvalue weighted by atomic mass is 9.85. The highest BCUT2D eigenvalue weighted by atomic mass is 19.1. The maximum atomic E-state index is 13.9. The second-order valence-electron chi connectivity index (χ2n) is 6.28. The molecule has 2 heterocycles. The highest BCUT2D eigenvalue weighted by Crippen LogP contribution is 2.36. The highest BCUT2D eigenvalue weighted by Gasteiger charge is 2.30. The van der Waals surface area contributed by atoms with Crippen molar-refractivity contribution in [2.75, 3.05) is 18.5 Å². The number of ether oxygens (including phenoxy) is 1. The van der Waals surface area contributed by atoms with Crippen LogP contribution in [0.15, 0.2) is 6.20 Å². The van der Waals surface area contributed by atoms with Crippen LogP contribution < -0.4 is 10.1 Å². The third-order valence-corrected chi connectivity index (χ3v) is 3.26. The van der Waals surface area contributed by atoms with Crippen LogP contribution in [0.5, 0.6) is 5.88 Å². The molecule has 0 aromatic carbocycles. The van der Waals surface area contributed by atoms with E-state index < -0.39 is 5.67 Å². The first-order valence-corrected chi connectivity index (χ1v) is 6.26. The fourth-order valence-electron chi connectivity index (χ4n) is 2.20. The smallest absolute Gasteiger partial charge is 0.237 e. The normalized spacial score (nSPS) is 23.7. The Balaban J connectivity index is 2.45. The van der Waals surface area contributed by atoms with Crippen LogP contribution in [-0.4, -0.2) is 23.8 Å². The topological polar surface area (TPSA) is 34.2 Å². The molecule has 18 heavy (non-hydrogen) atoms. The zero-order valence-electron chi connectivity index (χ0n) is 11.7. The number of pyridine rings is 1. The molecule has 0 fully saturated rings. The quantitative estimate of drug-likeness (QED) is 0.769. The van der Waals surface area contributed by atoms with E-state index in [1.165, 1.54) is 6.92 Å². The number of hydrogen-bond donors (Lipinski definition) is 1. The molecule has 0 radical (unpaired) electrons. The summed E-state index contributed by atoms with van der Waals surface area (Å²) in [5.41, 5.74) is 1.71. The van der Waals surface area contributed by atoms with Crippen LogP contribution in [0.2, 0.25) is 0 Å². The van der Waals surface area contributed by atoms with Crippen LogP contribution in [0.4, 0.5) is 10.1 Å². The van der Waals surface area contributed by atoms with Gasteiger partial charge in [0.15, 0.2) is 5.67 Å². The summed E-state index contributed by atoms with van der Waals surface area (Å²) in [7, 11) is 0. The van der Waals surface area contributed by atoms with E-state index in [-0.39, 0.29) is 18.6 Å². The van der Waals surface area contributed by atoms with Gasteiger partial charge in [-0.1, -0.05) is 20.8 Å². The Morgan fingerprint density at radius 2 is 2.11 bits per heavy atom. The summed E-state index contributed by atoms with van der Waals surface area (Å²) in [6.45, 7) is 10.3. The van der Waals surface area contributed by atoms with Gasteiger partial charge in [-0.2, -0.15) is 0 Å². The van der Waals surface area contributed by atoms with Gasteiger partial charge in [0.05, 0.1) is 6.54 Å². The predicted molar refractivity (Wildman–Crippen MR) is 71.2 cm³/mol. The van der Waals surface area contributed by atoms with Gasteiger partial charge in [-0.3, -0.25) is 0 Å². The van der Waals surface area contributed by atoms with Crippen LogP contribution >= 0.6 is 0 Å². The average molecular weight is 252 g/mol. The minimum absolute atomic E-state index is 0.0130. The summed E-state index contributed by atoms with van der Waals surface area (Å²) in [6.07, 6.45) is 1.83. The maximum absolute atomic E-state index is 13.9. The largest absolute Gasteiger partial charge is 0.473 e. The van der Waals surface area contributed by atoms with E-state index >= 15 is 0 Å². The first-order chi connectivity index (χ1) is 8.21. The van der Waals surface area contributed by atoms with Crippen molar-refractivity contribution < 1.29 is 9.13 Å². The van der Waals surface area contributed by atoms with Gasteiger partial charge in [-0.15, -0.1) is 0 Å². The lowest BCUT2D eigenvalue weighted by Crippen LogP contribution is -2.33. The first-order valence-electron chi connectivity index (χ1n) is 6.26. The van der Waals surface area contributed by atoms with E-state index in [4.69, 9.17) is 4.74 Å². The van der Waals surface area contributed by atoms with E-state index in [2.05, 4.69) is 31.1 Å². The minimum atomic E-state index is -1.37. The van der Waals surface area contributed by atoms with Crippen molar-refractivity contribution in [1.82, 2.24) is 4.98 Å². The minimum Gasteiger partial charge on any atom is -0.473 e. The molecule has 1 aromatic rings. The van der Waals surface area contributed by atoms with Crippen LogP contribution in [0.3, 0.4) is 0 Å². The van der Waals surface area contributed by atoms with Gasteiger partial charge in [0.2, 0.25) is 5.88 Å². The Bertz CT molecular complexity index is 464. The van der Waals surface area contributed by atoms with E-state index in [9.17, 15) is 4.39 Å². The van der Waals surface area contributed by atoms with Gasteiger partial charge in [-0.05, 0) is 30.4 Å². The van der Waals surface area contributed by atoms with Gasteiger partial charge in [0, 0.05) is 6.20 Å². The van der Waals surface area contributed by atoms with Crippen molar-refractivity contribution in [3.05, 3.63) is 17.3 Å². The molecule has 0 aliphatic carbocycles. The average Bonchev–Trinajstić information content (AvgIpc) is 2.37. The molecule has 1 atom stereocenters. The second-order valence-corrected chi connectivity index (χ2v) is 6.28. The summed E-state index contributed by atoms with van der Waals surface area (Å²) < 4.78 is 19.4. The lowest BCUT2D eigenvalue weighted by Gasteiger charge is -2.23. The number of rotatable bonds is 0. The first kappa shape index (κ1) is 13.1. The number of nitrogens with zero attached hydrogens (tertiary/aromatic N) is 1. The molecule has 4 heteroatoms. The summed E-state index contributed by atoms with van der Waals surface area (Å²) in [5.74, 6) is 0.502. The van der Waals surface area contributed by atoms with E-state index in [0.29, 0.717) is 5.88 Å². The van der Waals surface area contributed by atoms with Crippen molar-refractivity contribution in [1.29, 1.82) is 0 Å². The fraction of sp³-hybridized carbons (Fsp3) is 0.643. The van der Waals surface area contributed by atoms with Crippen LogP contribution in [0.1, 0.15) is 38.8 Å². The van der Waals surface area contributed by atoms with Gasteiger partial charge in [-0.25, -0.2) is 9.37 Å². The summed E-state index contributed by atoms with van der Waals surface area (Å²) in [6, 6.07) is 0. The van der Waals surface area contributed by atoms with Crippen molar-refractivity contribution in [2.45, 2.75) is 45.7 Å². The molecular formula is C14H21FN2O. The number of halogens is 1. The van der Waals surface area contributed by atoms with Crippen molar-refractivity contribution in [2.24, 2.45) is 0 Å². The Morgan fingerprint density at radius 3 is 2.72 bits per heavy atom. The van der Waals surface area contributed by atoms with Gasteiger partial charge in [0.1, 0.15) is 12.3 Å². The summed E-state index contributed by atoms with van der Waals surface area (Å²) >= 11 is 0.